The minimum atomic E-state index is -0.954. The molecule has 1 heterocycles. The molecule has 2 atom stereocenters. The average Bonchev–Trinajstić information content (AvgIpc) is 2.77. The molecule has 1 aliphatic heterocycles. The van der Waals surface area contributed by atoms with Crippen molar-refractivity contribution < 1.29 is 23.8 Å². The first-order chi connectivity index (χ1) is 12.5. The number of fused-ring (bicyclic) bond motifs is 1. The van der Waals surface area contributed by atoms with Crippen LogP contribution < -0.4 is 14.8 Å². The molecule has 0 aliphatic carbocycles. The van der Waals surface area contributed by atoms with Crippen molar-refractivity contribution in [2.45, 2.75) is 23.2 Å². The highest BCUT2D eigenvalue weighted by Gasteiger charge is 2.37. The smallest absolute Gasteiger partial charge is 0.303 e. The summed E-state index contributed by atoms with van der Waals surface area (Å²) < 4.78 is 15.8. The maximum atomic E-state index is 12.7. The predicted molar refractivity (Wildman–Crippen MR) is 98.8 cm³/mol. The fraction of sp³-hybridized carbons (Fsp3) is 0.263. The monoisotopic (exact) mass is 373 g/mol. The molecule has 1 aliphatic rings. The van der Waals surface area contributed by atoms with Crippen molar-refractivity contribution in [3.8, 4) is 11.5 Å². The number of benzene rings is 2. The Labute approximate surface area is 155 Å². The van der Waals surface area contributed by atoms with Gasteiger partial charge < -0.3 is 19.5 Å². The van der Waals surface area contributed by atoms with Crippen LogP contribution in [0.1, 0.15) is 17.7 Å². The first kappa shape index (κ1) is 18.1. The van der Waals surface area contributed by atoms with Crippen molar-refractivity contribution in [3.05, 3.63) is 48.0 Å². The highest BCUT2D eigenvalue weighted by molar-refractivity contribution is 7.99. The zero-order valence-corrected chi connectivity index (χ0v) is 15.5. The van der Waals surface area contributed by atoms with E-state index in [0.29, 0.717) is 17.2 Å². The van der Waals surface area contributed by atoms with Gasteiger partial charge in [-0.15, -0.1) is 11.8 Å². The standard InChI is InChI=1S/C19H19NO5S/c1-11(21)25-17-18(12-4-6-13(23-2)7-5-12)26-16-10-14(24-3)8-9-15(16)20-19(17)22/h4-10,17-18H,1-3H3,(H,20,22)/t17-,18+/m1/s1. The van der Waals surface area contributed by atoms with Gasteiger partial charge in [-0.25, -0.2) is 0 Å². The maximum absolute atomic E-state index is 12.7. The van der Waals surface area contributed by atoms with E-state index in [0.717, 1.165) is 10.5 Å². The summed E-state index contributed by atoms with van der Waals surface area (Å²) in [5.74, 6) is 0.526. The van der Waals surface area contributed by atoms with Crippen molar-refractivity contribution in [3.63, 3.8) is 0 Å². The third-order valence-corrected chi connectivity index (χ3v) is 5.34. The Balaban J connectivity index is 2.04. The van der Waals surface area contributed by atoms with Gasteiger partial charge in [-0.3, -0.25) is 9.59 Å². The van der Waals surface area contributed by atoms with Gasteiger partial charge in [0.1, 0.15) is 11.5 Å². The molecule has 0 radical (unpaired) electrons. The van der Waals surface area contributed by atoms with Gasteiger partial charge in [-0.05, 0) is 35.9 Å². The van der Waals surface area contributed by atoms with Gasteiger partial charge in [0.15, 0.2) is 6.10 Å². The highest BCUT2D eigenvalue weighted by atomic mass is 32.2. The second-order valence-electron chi connectivity index (χ2n) is 5.69. The second kappa shape index (κ2) is 7.70. The first-order valence-corrected chi connectivity index (χ1v) is 8.86. The molecule has 0 aromatic heterocycles. The number of nitrogens with one attached hydrogen (secondary N) is 1. The Morgan fingerprint density at radius 2 is 1.69 bits per heavy atom. The molecule has 0 saturated heterocycles. The summed E-state index contributed by atoms with van der Waals surface area (Å²) in [6.45, 7) is 1.30. The molecule has 1 amide bonds. The Morgan fingerprint density at radius 1 is 1.04 bits per heavy atom. The quantitative estimate of drug-likeness (QED) is 0.828. The highest BCUT2D eigenvalue weighted by Crippen LogP contribution is 2.46. The van der Waals surface area contributed by atoms with Crippen LogP contribution >= 0.6 is 11.8 Å². The summed E-state index contributed by atoms with van der Waals surface area (Å²) in [5.41, 5.74) is 1.52. The summed E-state index contributed by atoms with van der Waals surface area (Å²) in [7, 11) is 3.18. The van der Waals surface area contributed by atoms with Crippen molar-refractivity contribution in [2.24, 2.45) is 0 Å². The van der Waals surface area contributed by atoms with Gasteiger partial charge in [-0.2, -0.15) is 0 Å². The molecule has 6 nitrogen and oxygen atoms in total. The van der Waals surface area contributed by atoms with Crippen molar-refractivity contribution in [1.82, 2.24) is 0 Å². The van der Waals surface area contributed by atoms with Crippen LogP contribution in [0.15, 0.2) is 47.4 Å². The summed E-state index contributed by atoms with van der Waals surface area (Å²) in [4.78, 5) is 25.1. The topological polar surface area (TPSA) is 73.9 Å². The lowest BCUT2D eigenvalue weighted by Crippen LogP contribution is -2.34. The average molecular weight is 373 g/mol. The Bertz CT molecular complexity index is 821. The Hall–Kier alpha value is -2.67. The fourth-order valence-corrected chi connectivity index (χ4v) is 4.00. The van der Waals surface area contributed by atoms with E-state index in [-0.39, 0.29) is 5.91 Å². The van der Waals surface area contributed by atoms with Gasteiger partial charge in [0.25, 0.3) is 5.91 Å². The molecule has 3 rings (SSSR count). The van der Waals surface area contributed by atoms with Gasteiger partial charge >= 0.3 is 5.97 Å². The molecule has 1 N–H and O–H groups in total. The number of amides is 1. The number of thioether (sulfide) groups is 1. The molecule has 0 spiro atoms. The van der Waals surface area contributed by atoms with E-state index in [2.05, 4.69) is 5.32 Å². The number of carbonyl (C=O) groups is 2. The van der Waals surface area contributed by atoms with Crippen LogP contribution in [-0.2, 0) is 14.3 Å². The van der Waals surface area contributed by atoms with E-state index in [9.17, 15) is 9.59 Å². The van der Waals surface area contributed by atoms with Gasteiger partial charge in [0, 0.05) is 11.8 Å². The Kier molecular flexibility index (Phi) is 5.37. The van der Waals surface area contributed by atoms with E-state index in [1.165, 1.54) is 18.7 Å². The molecule has 2 aromatic rings. The summed E-state index contributed by atoms with van der Waals surface area (Å²) >= 11 is 1.45. The normalized spacial score (nSPS) is 19.0. The lowest BCUT2D eigenvalue weighted by Gasteiger charge is -2.23. The molecule has 0 fully saturated rings. The predicted octanol–water partition coefficient (Wildman–Crippen LogP) is 3.42. The number of ether oxygens (including phenoxy) is 3. The number of rotatable bonds is 4. The third-order valence-electron chi connectivity index (χ3n) is 3.97. The van der Waals surface area contributed by atoms with Crippen molar-refractivity contribution in [2.75, 3.05) is 19.5 Å². The van der Waals surface area contributed by atoms with Gasteiger partial charge in [0.05, 0.1) is 25.2 Å². The minimum absolute atomic E-state index is 0.363. The van der Waals surface area contributed by atoms with E-state index in [1.807, 2.05) is 30.3 Å². The molecule has 2 aromatic carbocycles. The summed E-state index contributed by atoms with van der Waals surface area (Å²) in [6.07, 6.45) is -0.954. The van der Waals surface area contributed by atoms with Gasteiger partial charge in [0.2, 0.25) is 0 Å². The number of methoxy groups -OCH3 is 2. The van der Waals surface area contributed by atoms with E-state index < -0.39 is 17.3 Å². The third kappa shape index (κ3) is 3.77. The van der Waals surface area contributed by atoms with Crippen LogP contribution in [0.2, 0.25) is 0 Å². The molecular formula is C19H19NO5S. The van der Waals surface area contributed by atoms with Crippen molar-refractivity contribution in [1.29, 1.82) is 0 Å². The van der Waals surface area contributed by atoms with E-state index >= 15 is 0 Å². The van der Waals surface area contributed by atoms with E-state index in [1.54, 1.807) is 26.4 Å². The zero-order valence-electron chi connectivity index (χ0n) is 14.6. The zero-order chi connectivity index (χ0) is 18.7. The van der Waals surface area contributed by atoms with Gasteiger partial charge in [-0.1, -0.05) is 12.1 Å². The van der Waals surface area contributed by atoms with Crippen LogP contribution in [0.4, 0.5) is 5.69 Å². The molecule has 0 saturated carbocycles. The summed E-state index contributed by atoms with van der Waals surface area (Å²) in [5, 5.41) is 2.43. The molecule has 7 heteroatoms. The molecule has 0 unspecified atom stereocenters. The second-order valence-corrected chi connectivity index (χ2v) is 6.88. The molecular weight excluding hydrogens is 354 g/mol. The van der Waals surface area contributed by atoms with Crippen molar-refractivity contribution >= 4 is 29.3 Å². The molecule has 136 valence electrons. The lowest BCUT2D eigenvalue weighted by molar-refractivity contribution is -0.152. The SMILES string of the molecule is COc1ccc([C@@H]2Sc3cc(OC)ccc3NC(=O)[C@@H]2OC(C)=O)cc1. The van der Waals surface area contributed by atoms with E-state index in [4.69, 9.17) is 14.2 Å². The number of anilines is 1. The number of hydrogen-bond donors (Lipinski definition) is 1. The van der Waals surface area contributed by atoms with Crippen LogP contribution in [-0.4, -0.2) is 32.2 Å². The summed E-state index contributed by atoms with van der Waals surface area (Å²) in [6, 6.07) is 12.8. The largest absolute Gasteiger partial charge is 0.497 e. The minimum Gasteiger partial charge on any atom is -0.497 e. The Morgan fingerprint density at radius 3 is 2.31 bits per heavy atom. The number of hydrogen-bond acceptors (Lipinski definition) is 6. The lowest BCUT2D eigenvalue weighted by atomic mass is 10.1. The first-order valence-electron chi connectivity index (χ1n) is 7.98. The van der Waals surface area contributed by atoms with Crippen LogP contribution in [0.3, 0.4) is 0 Å². The van der Waals surface area contributed by atoms with Crippen LogP contribution in [0.25, 0.3) is 0 Å². The molecule has 0 bridgehead atoms. The van der Waals surface area contributed by atoms with Crippen LogP contribution in [0.5, 0.6) is 11.5 Å². The molecule has 26 heavy (non-hydrogen) atoms. The maximum Gasteiger partial charge on any atom is 0.303 e. The van der Waals surface area contributed by atoms with Crippen LogP contribution in [0, 0.1) is 0 Å². The fourth-order valence-electron chi connectivity index (χ4n) is 2.70. The number of carbonyl (C=O) groups excluding carboxylic acids is 2. The number of esters is 1.